The first-order valence-electron chi connectivity index (χ1n) is 10.3. The molecule has 1 aromatic rings. The Hall–Kier alpha value is -2.38. The highest BCUT2D eigenvalue weighted by Gasteiger charge is 2.29. The fourth-order valence-electron chi connectivity index (χ4n) is 3.93. The quantitative estimate of drug-likeness (QED) is 0.848. The predicted octanol–water partition coefficient (Wildman–Crippen LogP) is 2.05. The lowest BCUT2D eigenvalue weighted by Crippen LogP contribution is -2.49. The molecule has 0 radical (unpaired) electrons. The van der Waals surface area contributed by atoms with Crippen molar-refractivity contribution in [1.82, 2.24) is 20.2 Å². The number of likely N-dealkylation sites (tertiary alicyclic amines) is 1. The number of rotatable bonds is 4. The summed E-state index contributed by atoms with van der Waals surface area (Å²) in [6, 6.07) is 2.11. The van der Waals surface area contributed by atoms with Gasteiger partial charge in [0.25, 0.3) is 0 Å². The molecule has 0 aromatic carbocycles. The number of anilines is 1. The van der Waals surface area contributed by atoms with Crippen LogP contribution in [0.3, 0.4) is 0 Å². The first-order valence-corrected chi connectivity index (χ1v) is 10.3. The molecule has 0 atom stereocenters. The van der Waals surface area contributed by atoms with E-state index in [4.69, 9.17) is 4.74 Å². The lowest BCUT2D eigenvalue weighted by Gasteiger charge is -2.34. The molecule has 0 unspecified atom stereocenters. The lowest BCUT2D eigenvalue weighted by atomic mass is 9.95. The fourth-order valence-corrected chi connectivity index (χ4v) is 3.93. The number of carbonyl (C=O) groups excluding carboxylic acids is 2. The molecule has 0 aliphatic carbocycles. The maximum absolute atomic E-state index is 12.7. The predicted molar refractivity (Wildman–Crippen MR) is 106 cm³/mol. The minimum atomic E-state index is -0.256. The molecular weight excluding hydrogens is 358 g/mol. The molecule has 2 aliphatic heterocycles. The number of amides is 2. The number of hydrogen-bond acceptors (Lipinski definition) is 6. The summed E-state index contributed by atoms with van der Waals surface area (Å²) < 4.78 is 5.04. The Balaban J connectivity index is 1.44. The van der Waals surface area contributed by atoms with Gasteiger partial charge >= 0.3 is 6.09 Å². The van der Waals surface area contributed by atoms with Crippen molar-refractivity contribution in [2.75, 3.05) is 37.7 Å². The molecule has 0 bridgehead atoms. The van der Waals surface area contributed by atoms with E-state index in [9.17, 15) is 9.59 Å². The average Bonchev–Trinajstić information content (AvgIpc) is 2.68. The second-order valence-electron chi connectivity index (χ2n) is 7.68. The van der Waals surface area contributed by atoms with E-state index in [0.717, 1.165) is 56.1 Å². The Morgan fingerprint density at radius 2 is 1.68 bits per heavy atom. The number of hydrogen-bond donors (Lipinski definition) is 1. The second-order valence-corrected chi connectivity index (χ2v) is 7.68. The van der Waals surface area contributed by atoms with Crippen LogP contribution in [0.25, 0.3) is 0 Å². The molecule has 2 amide bonds. The molecule has 2 aliphatic rings. The van der Waals surface area contributed by atoms with Gasteiger partial charge in [-0.15, -0.1) is 0 Å². The van der Waals surface area contributed by atoms with E-state index in [1.54, 1.807) is 4.90 Å². The molecule has 3 heterocycles. The van der Waals surface area contributed by atoms with Gasteiger partial charge in [-0.2, -0.15) is 0 Å². The lowest BCUT2D eigenvalue weighted by molar-refractivity contribution is -0.126. The van der Waals surface area contributed by atoms with Crippen molar-refractivity contribution in [3.8, 4) is 0 Å². The summed E-state index contributed by atoms with van der Waals surface area (Å²) in [6.45, 7) is 9.00. The molecule has 0 spiro atoms. The molecule has 1 aromatic heterocycles. The van der Waals surface area contributed by atoms with E-state index in [0.29, 0.717) is 19.7 Å². The second kappa shape index (κ2) is 9.21. The number of piperidine rings is 2. The van der Waals surface area contributed by atoms with E-state index in [1.165, 1.54) is 0 Å². The number of ether oxygens (including phenoxy) is 1. The molecule has 1 N–H and O–H groups in total. The zero-order valence-electron chi connectivity index (χ0n) is 17.1. The Bertz CT molecular complexity index is 675. The molecule has 0 saturated carbocycles. The van der Waals surface area contributed by atoms with Crippen molar-refractivity contribution in [2.24, 2.45) is 5.92 Å². The first kappa shape index (κ1) is 20.4. The Kier molecular flexibility index (Phi) is 6.70. The van der Waals surface area contributed by atoms with Crippen molar-refractivity contribution in [2.45, 2.75) is 52.5 Å². The van der Waals surface area contributed by atoms with Crippen molar-refractivity contribution < 1.29 is 14.3 Å². The van der Waals surface area contributed by atoms with Crippen LogP contribution in [0.1, 0.15) is 44.0 Å². The van der Waals surface area contributed by atoms with Gasteiger partial charge in [-0.3, -0.25) is 4.79 Å². The van der Waals surface area contributed by atoms with Crippen molar-refractivity contribution in [3.05, 3.63) is 17.5 Å². The minimum absolute atomic E-state index is 0.0326. The highest BCUT2D eigenvalue weighted by molar-refractivity contribution is 5.79. The smallest absolute Gasteiger partial charge is 0.409 e. The van der Waals surface area contributed by atoms with E-state index in [-0.39, 0.29) is 24.0 Å². The van der Waals surface area contributed by atoms with Crippen LogP contribution in [0.2, 0.25) is 0 Å². The number of aryl methyl sites for hydroxylation is 2. The zero-order chi connectivity index (χ0) is 20.1. The summed E-state index contributed by atoms with van der Waals surface area (Å²) in [6.07, 6.45) is 2.92. The van der Waals surface area contributed by atoms with Crippen LogP contribution in [-0.4, -0.2) is 65.7 Å². The molecule has 28 heavy (non-hydrogen) atoms. The van der Waals surface area contributed by atoms with E-state index < -0.39 is 0 Å². The normalized spacial score (nSPS) is 18.8. The van der Waals surface area contributed by atoms with Gasteiger partial charge in [0.2, 0.25) is 11.9 Å². The van der Waals surface area contributed by atoms with Gasteiger partial charge in [0.1, 0.15) is 0 Å². The topological polar surface area (TPSA) is 87.7 Å². The summed E-state index contributed by atoms with van der Waals surface area (Å²) >= 11 is 0. The van der Waals surface area contributed by atoms with E-state index >= 15 is 0 Å². The van der Waals surface area contributed by atoms with Crippen molar-refractivity contribution in [3.63, 3.8) is 0 Å². The Morgan fingerprint density at radius 1 is 1.07 bits per heavy atom. The van der Waals surface area contributed by atoms with Gasteiger partial charge in [-0.1, -0.05) is 0 Å². The summed E-state index contributed by atoms with van der Waals surface area (Å²) in [4.78, 5) is 37.4. The average molecular weight is 390 g/mol. The molecule has 2 saturated heterocycles. The molecule has 8 heteroatoms. The maximum Gasteiger partial charge on any atom is 0.409 e. The highest BCUT2D eigenvalue weighted by Crippen LogP contribution is 2.22. The molecular formula is C20H31N5O3. The summed E-state index contributed by atoms with van der Waals surface area (Å²) in [5.74, 6) is 0.934. The van der Waals surface area contributed by atoms with Crippen LogP contribution in [0.5, 0.6) is 0 Å². The molecule has 3 rings (SSSR count). The third kappa shape index (κ3) is 5.11. The van der Waals surface area contributed by atoms with Gasteiger partial charge in [0.05, 0.1) is 6.61 Å². The Morgan fingerprint density at radius 3 is 2.25 bits per heavy atom. The van der Waals surface area contributed by atoms with E-state index in [1.807, 2.05) is 26.8 Å². The maximum atomic E-state index is 12.7. The van der Waals surface area contributed by atoms with Gasteiger partial charge in [-0.25, -0.2) is 14.8 Å². The zero-order valence-corrected chi connectivity index (χ0v) is 17.1. The van der Waals surface area contributed by atoms with Crippen LogP contribution in [-0.2, 0) is 9.53 Å². The third-order valence-corrected chi connectivity index (χ3v) is 5.49. The van der Waals surface area contributed by atoms with Gasteiger partial charge < -0.3 is 19.9 Å². The van der Waals surface area contributed by atoms with Crippen LogP contribution in [0, 0.1) is 19.8 Å². The summed E-state index contributed by atoms with van der Waals surface area (Å²) in [7, 11) is 0. The fraction of sp³-hybridized carbons (Fsp3) is 0.700. The van der Waals surface area contributed by atoms with Gasteiger partial charge in [0, 0.05) is 49.5 Å². The van der Waals surface area contributed by atoms with Crippen LogP contribution in [0.15, 0.2) is 6.07 Å². The highest BCUT2D eigenvalue weighted by atomic mass is 16.6. The van der Waals surface area contributed by atoms with Crippen LogP contribution < -0.4 is 10.2 Å². The van der Waals surface area contributed by atoms with Gasteiger partial charge in [-0.05, 0) is 52.5 Å². The SMILES string of the molecule is CCOC(=O)N1CCC(NC(=O)C2CCN(c3nc(C)cc(C)n3)CC2)CC1. The largest absolute Gasteiger partial charge is 0.450 e. The summed E-state index contributed by atoms with van der Waals surface area (Å²) in [5, 5.41) is 3.19. The van der Waals surface area contributed by atoms with Gasteiger partial charge in [0.15, 0.2) is 0 Å². The van der Waals surface area contributed by atoms with Crippen molar-refractivity contribution >= 4 is 17.9 Å². The first-order chi connectivity index (χ1) is 13.5. The molecule has 2 fully saturated rings. The molecule has 154 valence electrons. The molecule has 8 nitrogen and oxygen atoms in total. The van der Waals surface area contributed by atoms with Crippen LogP contribution >= 0.6 is 0 Å². The number of nitrogens with zero attached hydrogens (tertiary/aromatic N) is 4. The Labute approximate surface area is 166 Å². The number of nitrogens with one attached hydrogen (secondary N) is 1. The number of carbonyl (C=O) groups is 2. The number of aromatic nitrogens is 2. The van der Waals surface area contributed by atoms with Crippen molar-refractivity contribution in [1.29, 1.82) is 0 Å². The van der Waals surface area contributed by atoms with E-state index in [2.05, 4.69) is 20.2 Å². The third-order valence-electron chi connectivity index (χ3n) is 5.49. The van der Waals surface area contributed by atoms with Crippen LogP contribution in [0.4, 0.5) is 10.7 Å². The summed E-state index contributed by atoms with van der Waals surface area (Å²) in [5.41, 5.74) is 1.94. The monoisotopic (exact) mass is 389 g/mol. The standard InChI is InChI=1S/C20H31N5O3/c1-4-28-20(27)25-11-7-17(8-12-25)23-18(26)16-5-9-24(10-6-16)19-21-14(2)13-15(3)22-19/h13,16-17H,4-12H2,1-3H3,(H,23,26). The minimum Gasteiger partial charge on any atom is -0.450 e.